The highest BCUT2D eigenvalue weighted by Gasteiger charge is 2.16. The van der Waals surface area contributed by atoms with Crippen molar-refractivity contribution in [3.8, 4) is 0 Å². The number of anilines is 1. The highest BCUT2D eigenvalue weighted by Crippen LogP contribution is 2.22. The van der Waals surface area contributed by atoms with Gasteiger partial charge in [0, 0.05) is 39.6 Å². The Labute approximate surface area is 176 Å². The van der Waals surface area contributed by atoms with E-state index >= 15 is 0 Å². The molecule has 140 valence electrons. The first-order valence-electron chi connectivity index (χ1n) is 8.49. The molecule has 0 bridgehead atoms. The van der Waals surface area contributed by atoms with Crippen LogP contribution in [0.15, 0.2) is 46.8 Å². The smallest absolute Gasteiger partial charge is 0.194 e. The molecule has 2 aromatic rings. The molecule has 0 fully saturated rings. The average molecular weight is 483 g/mol. The van der Waals surface area contributed by atoms with Gasteiger partial charge in [-0.25, -0.2) is 4.98 Å². The fraction of sp³-hybridized carbons (Fsp3) is 0.368. The molecule has 1 aromatic heterocycles. The van der Waals surface area contributed by atoms with Crippen molar-refractivity contribution in [2.24, 2.45) is 4.99 Å². The first-order chi connectivity index (χ1) is 12.2. The lowest BCUT2D eigenvalue weighted by atomic mass is 10.00. The Morgan fingerprint density at radius 3 is 2.65 bits per heavy atom. The van der Waals surface area contributed by atoms with Gasteiger partial charge in [-0.05, 0) is 17.6 Å². The average Bonchev–Trinajstić information content (AvgIpc) is 3.13. The lowest BCUT2D eigenvalue weighted by Crippen LogP contribution is -2.43. The zero-order chi connectivity index (χ0) is 17.6. The van der Waals surface area contributed by atoms with E-state index in [4.69, 9.17) is 0 Å². The topological polar surface area (TPSA) is 43.8 Å². The Morgan fingerprint density at radius 2 is 2.08 bits per heavy atom. The summed E-state index contributed by atoms with van der Waals surface area (Å²) in [5, 5.41) is 6.56. The molecular formula is C19H26IN5S. The molecule has 0 unspecified atom stereocenters. The van der Waals surface area contributed by atoms with E-state index in [1.807, 2.05) is 26.0 Å². The molecule has 0 saturated heterocycles. The van der Waals surface area contributed by atoms with E-state index in [1.54, 1.807) is 11.3 Å². The van der Waals surface area contributed by atoms with Crippen LogP contribution in [0, 0.1) is 0 Å². The molecule has 2 heterocycles. The lowest BCUT2D eigenvalue weighted by molar-refractivity contribution is 0.439. The van der Waals surface area contributed by atoms with Crippen LogP contribution in [0.1, 0.15) is 17.7 Å². The van der Waals surface area contributed by atoms with Crippen LogP contribution in [0.3, 0.4) is 0 Å². The third-order valence-electron chi connectivity index (χ3n) is 4.21. The van der Waals surface area contributed by atoms with Crippen molar-refractivity contribution in [3.05, 3.63) is 53.0 Å². The van der Waals surface area contributed by atoms with Gasteiger partial charge in [-0.3, -0.25) is 4.99 Å². The molecule has 0 spiro atoms. The Hall–Kier alpha value is -1.61. The molecule has 1 aliphatic rings. The Bertz CT molecular complexity index is 754. The molecule has 0 radical (unpaired) electrons. The number of halogens is 1. The standard InChI is InChI=1S/C19H25N5S.HI/c1-20-18(21-13-17-14-25-19(22-17)23(2)3)24-11-9-16(10-12-24)15-7-5-4-6-8-15;/h4-9,14H,10-13H2,1-3H3,(H,20,21);1H. The molecular weight excluding hydrogens is 457 g/mol. The van der Waals surface area contributed by atoms with Gasteiger partial charge in [0.15, 0.2) is 11.1 Å². The van der Waals surface area contributed by atoms with Gasteiger partial charge in [0.1, 0.15) is 0 Å². The van der Waals surface area contributed by atoms with Crippen LogP contribution in [0.2, 0.25) is 0 Å². The number of thiazole rings is 1. The molecule has 7 heteroatoms. The van der Waals surface area contributed by atoms with Crippen LogP contribution in [0.4, 0.5) is 5.13 Å². The number of hydrogen-bond acceptors (Lipinski definition) is 4. The second kappa shape index (κ2) is 9.91. The lowest BCUT2D eigenvalue weighted by Gasteiger charge is -2.29. The summed E-state index contributed by atoms with van der Waals surface area (Å²) in [6.45, 7) is 2.55. The predicted octanol–water partition coefficient (Wildman–Crippen LogP) is 3.69. The van der Waals surface area contributed by atoms with E-state index in [2.05, 4.69) is 62.0 Å². The summed E-state index contributed by atoms with van der Waals surface area (Å²) in [5.74, 6) is 0.933. The quantitative estimate of drug-likeness (QED) is 0.410. The Kier molecular flexibility index (Phi) is 7.89. The maximum absolute atomic E-state index is 4.61. The molecule has 0 saturated carbocycles. The largest absolute Gasteiger partial charge is 0.354 e. The van der Waals surface area contributed by atoms with Crippen molar-refractivity contribution in [2.45, 2.75) is 13.0 Å². The number of benzene rings is 1. The number of aliphatic imine (C=N–C) groups is 1. The highest BCUT2D eigenvalue weighted by atomic mass is 127. The third kappa shape index (κ3) is 5.20. The molecule has 1 N–H and O–H groups in total. The van der Waals surface area contributed by atoms with Crippen LogP contribution in [-0.4, -0.2) is 50.1 Å². The maximum Gasteiger partial charge on any atom is 0.194 e. The minimum atomic E-state index is 0. The second-order valence-electron chi connectivity index (χ2n) is 6.21. The molecule has 5 nitrogen and oxygen atoms in total. The van der Waals surface area contributed by atoms with Crippen LogP contribution < -0.4 is 10.2 Å². The molecule has 0 aliphatic carbocycles. The molecule has 26 heavy (non-hydrogen) atoms. The van der Waals surface area contributed by atoms with Gasteiger partial charge < -0.3 is 15.1 Å². The molecule has 0 atom stereocenters. The van der Waals surface area contributed by atoms with Crippen molar-refractivity contribution in [1.29, 1.82) is 0 Å². The highest BCUT2D eigenvalue weighted by molar-refractivity contribution is 14.0. The van der Waals surface area contributed by atoms with Crippen LogP contribution >= 0.6 is 35.3 Å². The summed E-state index contributed by atoms with van der Waals surface area (Å²) in [6, 6.07) is 10.6. The minimum Gasteiger partial charge on any atom is -0.354 e. The first-order valence-corrected chi connectivity index (χ1v) is 9.37. The van der Waals surface area contributed by atoms with E-state index in [0.717, 1.165) is 36.3 Å². The number of nitrogens with one attached hydrogen (secondary N) is 1. The molecule has 3 rings (SSSR count). The molecule has 0 amide bonds. The van der Waals surface area contributed by atoms with Crippen molar-refractivity contribution in [3.63, 3.8) is 0 Å². The monoisotopic (exact) mass is 483 g/mol. The Morgan fingerprint density at radius 1 is 1.31 bits per heavy atom. The van der Waals surface area contributed by atoms with Gasteiger partial charge in [-0.2, -0.15) is 0 Å². The summed E-state index contributed by atoms with van der Waals surface area (Å²) in [7, 11) is 5.86. The number of guanidine groups is 1. The Balaban J connectivity index is 0.00000243. The van der Waals surface area contributed by atoms with E-state index in [9.17, 15) is 0 Å². The van der Waals surface area contributed by atoms with Crippen molar-refractivity contribution < 1.29 is 0 Å². The summed E-state index contributed by atoms with van der Waals surface area (Å²) in [6.07, 6.45) is 3.34. The zero-order valence-electron chi connectivity index (χ0n) is 15.5. The van der Waals surface area contributed by atoms with Gasteiger partial charge in [-0.15, -0.1) is 35.3 Å². The molecule has 1 aliphatic heterocycles. The SMILES string of the molecule is CN=C(NCc1csc(N(C)C)n1)N1CC=C(c2ccccc2)CC1.I. The van der Waals surface area contributed by atoms with Crippen molar-refractivity contribution in [2.75, 3.05) is 39.1 Å². The summed E-state index contributed by atoms with van der Waals surface area (Å²) < 4.78 is 0. The number of nitrogens with zero attached hydrogens (tertiary/aromatic N) is 4. The molecule has 1 aromatic carbocycles. The number of rotatable bonds is 4. The number of hydrogen-bond donors (Lipinski definition) is 1. The van der Waals surface area contributed by atoms with Crippen molar-refractivity contribution in [1.82, 2.24) is 15.2 Å². The summed E-state index contributed by atoms with van der Waals surface area (Å²) in [4.78, 5) is 13.4. The normalized spacial score (nSPS) is 14.5. The van der Waals surface area contributed by atoms with E-state index in [0.29, 0.717) is 6.54 Å². The van der Waals surface area contributed by atoms with Crippen LogP contribution in [0.5, 0.6) is 0 Å². The first kappa shape index (κ1) is 20.7. The fourth-order valence-corrected chi connectivity index (χ4v) is 3.62. The van der Waals surface area contributed by atoms with E-state index < -0.39 is 0 Å². The maximum atomic E-state index is 4.61. The third-order valence-corrected chi connectivity index (χ3v) is 5.27. The summed E-state index contributed by atoms with van der Waals surface area (Å²) >= 11 is 1.66. The fourth-order valence-electron chi connectivity index (χ4n) is 2.86. The van der Waals surface area contributed by atoms with Crippen LogP contribution in [-0.2, 0) is 6.54 Å². The van der Waals surface area contributed by atoms with Crippen molar-refractivity contribution >= 4 is 52.0 Å². The van der Waals surface area contributed by atoms with Gasteiger partial charge >= 0.3 is 0 Å². The predicted molar refractivity (Wildman–Crippen MR) is 123 cm³/mol. The van der Waals surface area contributed by atoms with Gasteiger partial charge in [-0.1, -0.05) is 36.4 Å². The van der Waals surface area contributed by atoms with Gasteiger partial charge in [0.25, 0.3) is 0 Å². The van der Waals surface area contributed by atoms with E-state index in [-0.39, 0.29) is 24.0 Å². The zero-order valence-corrected chi connectivity index (χ0v) is 18.6. The number of aromatic nitrogens is 1. The van der Waals surface area contributed by atoms with Gasteiger partial charge in [0.05, 0.1) is 12.2 Å². The second-order valence-corrected chi connectivity index (χ2v) is 7.04. The van der Waals surface area contributed by atoms with Crippen LogP contribution in [0.25, 0.3) is 5.57 Å². The van der Waals surface area contributed by atoms with E-state index in [1.165, 1.54) is 11.1 Å². The summed E-state index contributed by atoms with van der Waals surface area (Å²) in [5.41, 5.74) is 3.79. The minimum absolute atomic E-state index is 0. The van der Waals surface area contributed by atoms with Gasteiger partial charge in [0.2, 0.25) is 0 Å².